The molecule has 2 N–H and O–H groups in total. The van der Waals surface area contributed by atoms with Gasteiger partial charge in [-0.25, -0.2) is 9.48 Å². The maximum absolute atomic E-state index is 10.9. The van der Waals surface area contributed by atoms with Gasteiger partial charge in [-0.15, -0.1) is 0 Å². The molecule has 0 saturated heterocycles. The van der Waals surface area contributed by atoms with Crippen molar-refractivity contribution in [2.45, 2.75) is 20.3 Å². The zero-order valence-corrected chi connectivity index (χ0v) is 10.2. The molecule has 0 atom stereocenters. The Balaban J connectivity index is 2.58. The monoisotopic (exact) mass is 246 g/mol. The van der Waals surface area contributed by atoms with E-state index >= 15 is 0 Å². The Morgan fingerprint density at radius 1 is 1.39 bits per heavy atom. The number of carbonyl (C=O) groups is 1. The molecule has 0 radical (unpaired) electrons. The highest BCUT2D eigenvalue weighted by molar-refractivity contribution is 5.85. The number of aromatic carboxylic acids is 1. The van der Waals surface area contributed by atoms with Crippen molar-refractivity contribution in [2.24, 2.45) is 0 Å². The second kappa shape index (κ2) is 4.52. The third-order valence-corrected chi connectivity index (χ3v) is 2.72. The van der Waals surface area contributed by atoms with Crippen molar-refractivity contribution >= 4 is 5.97 Å². The number of rotatable bonds is 3. The number of aromatic nitrogens is 2. The molecule has 1 aromatic carbocycles. The molecule has 0 bridgehead atoms. The van der Waals surface area contributed by atoms with Crippen LogP contribution >= 0.6 is 0 Å². The van der Waals surface area contributed by atoms with Crippen LogP contribution in [0.2, 0.25) is 0 Å². The summed E-state index contributed by atoms with van der Waals surface area (Å²) in [6.45, 7) is 3.78. The van der Waals surface area contributed by atoms with Gasteiger partial charge < -0.3 is 10.2 Å². The van der Waals surface area contributed by atoms with E-state index in [9.17, 15) is 9.90 Å². The Morgan fingerprint density at radius 2 is 2.11 bits per heavy atom. The minimum atomic E-state index is -1.07. The zero-order chi connectivity index (χ0) is 13.3. The van der Waals surface area contributed by atoms with Gasteiger partial charge in [-0.2, -0.15) is 5.10 Å². The van der Waals surface area contributed by atoms with Gasteiger partial charge in [0.2, 0.25) is 0 Å². The molecule has 2 aromatic rings. The molecule has 1 heterocycles. The SMILES string of the molecule is CCc1cc(C(=O)O)nn1-c1ccc(C)cc1O. The van der Waals surface area contributed by atoms with Gasteiger partial charge in [-0.3, -0.25) is 0 Å². The topological polar surface area (TPSA) is 75.3 Å². The lowest BCUT2D eigenvalue weighted by Crippen LogP contribution is -2.03. The number of benzene rings is 1. The molecule has 5 heteroatoms. The summed E-state index contributed by atoms with van der Waals surface area (Å²) in [5.74, 6) is -0.986. The number of phenols is 1. The van der Waals surface area contributed by atoms with Gasteiger partial charge >= 0.3 is 5.97 Å². The van der Waals surface area contributed by atoms with Gasteiger partial charge in [-0.1, -0.05) is 13.0 Å². The number of phenolic OH excluding ortho intramolecular Hbond substituents is 1. The number of aryl methyl sites for hydroxylation is 2. The molecule has 2 rings (SSSR count). The lowest BCUT2D eigenvalue weighted by molar-refractivity contribution is 0.0690. The Bertz CT molecular complexity index is 602. The Hall–Kier alpha value is -2.30. The number of hydrogen-bond acceptors (Lipinski definition) is 3. The van der Waals surface area contributed by atoms with E-state index in [0.29, 0.717) is 12.1 Å². The fourth-order valence-corrected chi connectivity index (χ4v) is 1.80. The summed E-state index contributed by atoms with van der Waals surface area (Å²) in [4.78, 5) is 10.9. The molecule has 0 aliphatic carbocycles. The number of hydrogen-bond donors (Lipinski definition) is 2. The van der Waals surface area contributed by atoms with Gasteiger partial charge in [-0.05, 0) is 37.1 Å². The van der Waals surface area contributed by atoms with Crippen LogP contribution in [0.3, 0.4) is 0 Å². The summed E-state index contributed by atoms with van der Waals surface area (Å²) >= 11 is 0. The van der Waals surface area contributed by atoms with Crippen LogP contribution in [0.5, 0.6) is 5.75 Å². The van der Waals surface area contributed by atoms with Crippen molar-refractivity contribution in [3.63, 3.8) is 0 Å². The fraction of sp³-hybridized carbons (Fsp3) is 0.231. The predicted molar refractivity (Wildman–Crippen MR) is 66.3 cm³/mol. The van der Waals surface area contributed by atoms with Crippen LogP contribution in [0.15, 0.2) is 24.3 Å². The summed E-state index contributed by atoms with van der Waals surface area (Å²) in [7, 11) is 0. The molecule has 0 spiro atoms. The maximum Gasteiger partial charge on any atom is 0.356 e. The Kier molecular flexibility index (Phi) is 3.06. The molecule has 5 nitrogen and oxygen atoms in total. The van der Waals surface area contributed by atoms with Crippen LogP contribution in [-0.2, 0) is 6.42 Å². The maximum atomic E-state index is 10.9. The highest BCUT2D eigenvalue weighted by atomic mass is 16.4. The van der Waals surface area contributed by atoms with E-state index in [-0.39, 0.29) is 11.4 Å². The summed E-state index contributed by atoms with van der Waals surface area (Å²) in [6.07, 6.45) is 0.633. The lowest BCUT2D eigenvalue weighted by atomic mass is 10.2. The van der Waals surface area contributed by atoms with E-state index < -0.39 is 5.97 Å². The molecule has 0 unspecified atom stereocenters. The normalized spacial score (nSPS) is 10.6. The first-order valence-corrected chi connectivity index (χ1v) is 5.65. The average molecular weight is 246 g/mol. The van der Waals surface area contributed by atoms with E-state index in [1.54, 1.807) is 12.1 Å². The summed E-state index contributed by atoms with van der Waals surface area (Å²) in [6, 6.07) is 6.71. The first kappa shape index (κ1) is 12.2. The zero-order valence-electron chi connectivity index (χ0n) is 10.2. The predicted octanol–water partition coefficient (Wildman–Crippen LogP) is 2.15. The minimum absolute atomic E-state index is 0.0215. The second-order valence-electron chi connectivity index (χ2n) is 4.08. The minimum Gasteiger partial charge on any atom is -0.506 e. The van der Waals surface area contributed by atoms with E-state index in [1.165, 1.54) is 10.7 Å². The van der Waals surface area contributed by atoms with Crippen LogP contribution in [0.25, 0.3) is 5.69 Å². The van der Waals surface area contributed by atoms with E-state index in [4.69, 9.17) is 5.11 Å². The number of carboxylic acid groups (broad SMARTS) is 1. The summed E-state index contributed by atoms with van der Waals surface area (Å²) < 4.78 is 1.47. The van der Waals surface area contributed by atoms with Crippen molar-refractivity contribution in [2.75, 3.05) is 0 Å². The second-order valence-corrected chi connectivity index (χ2v) is 4.08. The van der Waals surface area contributed by atoms with Crippen molar-refractivity contribution in [1.29, 1.82) is 0 Å². The number of nitrogens with zero attached hydrogens (tertiary/aromatic N) is 2. The molecule has 0 amide bonds. The van der Waals surface area contributed by atoms with Gasteiger partial charge in [0.15, 0.2) is 5.69 Å². The molecule has 1 aromatic heterocycles. The van der Waals surface area contributed by atoms with Gasteiger partial charge in [0.05, 0.1) is 0 Å². The van der Waals surface area contributed by atoms with E-state index in [1.807, 2.05) is 19.9 Å². The average Bonchev–Trinajstić information content (AvgIpc) is 2.73. The lowest BCUT2D eigenvalue weighted by Gasteiger charge is -2.08. The summed E-state index contributed by atoms with van der Waals surface area (Å²) in [5, 5.41) is 22.8. The van der Waals surface area contributed by atoms with Crippen molar-refractivity contribution in [1.82, 2.24) is 9.78 Å². The van der Waals surface area contributed by atoms with Crippen molar-refractivity contribution in [3.05, 3.63) is 41.2 Å². The van der Waals surface area contributed by atoms with Gasteiger partial charge in [0, 0.05) is 5.69 Å². The Morgan fingerprint density at radius 3 is 2.67 bits per heavy atom. The van der Waals surface area contributed by atoms with Crippen LogP contribution in [0.1, 0.15) is 28.7 Å². The third kappa shape index (κ3) is 2.07. The fourth-order valence-electron chi connectivity index (χ4n) is 1.80. The van der Waals surface area contributed by atoms with Gasteiger partial charge in [0.1, 0.15) is 11.4 Å². The molecular weight excluding hydrogens is 232 g/mol. The molecule has 0 aliphatic rings. The van der Waals surface area contributed by atoms with E-state index in [2.05, 4.69) is 5.10 Å². The molecule has 0 saturated carbocycles. The van der Waals surface area contributed by atoms with Gasteiger partial charge in [0.25, 0.3) is 0 Å². The molecule has 0 fully saturated rings. The molecular formula is C13H14N2O3. The van der Waals surface area contributed by atoms with Crippen LogP contribution < -0.4 is 0 Å². The number of aromatic hydroxyl groups is 1. The Labute approximate surface area is 104 Å². The number of carboxylic acids is 1. The largest absolute Gasteiger partial charge is 0.506 e. The molecule has 18 heavy (non-hydrogen) atoms. The molecule has 0 aliphatic heterocycles. The van der Waals surface area contributed by atoms with Crippen LogP contribution in [-0.4, -0.2) is 26.0 Å². The smallest absolute Gasteiger partial charge is 0.356 e. The van der Waals surface area contributed by atoms with Crippen molar-refractivity contribution in [3.8, 4) is 11.4 Å². The van der Waals surface area contributed by atoms with Crippen molar-refractivity contribution < 1.29 is 15.0 Å². The molecule has 94 valence electrons. The highest BCUT2D eigenvalue weighted by Crippen LogP contribution is 2.24. The third-order valence-electron chi connectivity index (χ3n) is 2.72. The highest BCUT2D eigenvalue weighted by Gasteiger charge is 2.15. The van der Waals surface area contributed by atoms with Crippen LogP contribution in [0.4, 0.5) is 0 Å². The first-order valence-electron chi connectivity index (χ1n) is 5.65. The summed E-state index contributed by atoms with van der Waals surface area (Å²) in [5.41, 5.74) is 2.14. The standard InChI is InChI=1S/C13H14N2O3/c1-3-9-7-10(13(17)18)14-15(9)11-5-4-8(2)6-12(11)16/h4-7,16H,3H2,1-2H3,(H,17,18). The van der Waals surface area contributed by atoms with Crippen LogP contribution in [0, 0.1) is 6.92 Å². The first-order chi connectivity index (χ1) is 8.52. The van der Waals surface area contributed by atoms with E-state index in [0.717, 1.165) is 11.3 Å². The quantitative estimate of drug-likeness (QED) is 0.870.